The van der Waals surface area contributed by atoms with Crippen molar-refractivity contribution in [3.8, 4) is 11.1 Å². The van der Waals surface area contributed by atoms with E-state index in [-0.39, 0.29) is 0 Å². The van der Waals surface area contributed by atoms with Crippen LogP contribution in [0.5, 0.6) is 0 Å². The average molecular weight is 135 g/mol. The minimum atomic E-state index is 1.07. The minimum Gasteiger partial charge on any atom is -0.320 e. The zero-order valence-corrected chi connectivity index (χ0v) is 6.52. The van der Waals surface area contributed by atoms with Crippen molar-refractivity contribution in [2.75, 3.05) is 13.6 Å². The first-order chi connectivity index (χ1) is 4.88. The highest BCUT2D eigenvalue weighted by atomic mass is 14.8. The van der Waals surface area contributed by atoms with Crippen molar-refractivity contribution >= 4 is 0 Å². The first-order valence-corrected chi connectivity index (χ1v) is 3.63. The standard InChI is InChI=1S/C6H4.C3H9N/c1-2-6-4-3-5(1)6;1-3-4-2/h1-4H;4H,3H2,1-2H3. The molecule has 0 aliphatic heterocycles. The van der Waals surface area contributed by atoms with Gasteiger partial charge in [0.1, 0.15) is 0 Å². The highest BCUT2D eigenvalue weighted by molar-refractivity contribution is 5.75. The van der Waals surface area contributed by atoms with Crippen molar-refractivity contribution in [3.63, 3.8) is 0 Å². The van der Waals surface area contributed by atoms with Crippen molar-refractivity contribution in [1.29, 1.82) is 0 Å². The number of rotatable bonds is 1. The summed E-state index contributed by atoms with van der Waals surface area (Å²) < 4.78 is 0. The fourth-order valence-electron chi connectivity index (χ4n) is 0.663. The van der Waals surface area contributed by atoms with Crippen molar-refractivity contribution < 1.29 is 0 Å². The lowest BCUT2D eigenvalue weighted by Crippen LogP contribution is -2.01. The summed E-state index contributed by atoms with van der Waals surface area (Å²) in [5.74, 6) is 0. The van der Waals surface area contributed by atoms with Gasteiger partial charge in [0.2, 0.25) is 0 Å². The summed E-state index contributed by atoms with van der Waals surface area (Å²) in [5.41, 5.74) is 2.85. The van der Waals surface area contributed by atoms with E-state index in [2.05, 4.69) is 36.5 Å². The van der Waals surface area contributed by atoms with Crippen LogP contribution in [0.25, 0.3) is 11.1 Å². The topological polar surface area (TPSA) is 12.0 Å². The molecule has 0 spiro atoms. The predicted molar refractivity (Wildman–Crippen MR) is 45.0 cm³/mol. The molecular formula is C9H13N. The Labute approximate surface area is 62.1 Å². The number of nitrogens with one attached hydrogen (secondary N) is 1. The van der Waals surface area contributed by atoms with E-state index in [1.54, 1.807) is 0 Å². The lowest BCUT2D eigenvalue weighted by molar-refractivity contribution is 0.864. The molecule has 0 aromatic rings. The normalized spacial score (nSPS) is 9.80. The van der Waals surface area contributed by atoms with Crippen molar-refractivity contribution in [2.45, 2.75) is 6.92 Å². The smallest absolute Gasteiger partial charge is 0.00804 e. The fraction of sp³-hybridized carbons (Fsp3) is 0.333. The van der Waals surface area contributed by atoms with E-state index >= 15 is 0 Å². The summed E-state index contributed by atoms with van der Waals surface area (Å²) in [6.45, 7) is 3.14. The zero-order valence-electron chi connectivity index (χ0n) is 6.52. The van der Waals surface area contributed by atoms with E-state index in [0.717, 1.165) is 6.54 Å². The van der Waals surface area contributed by atoms with Crippen LogP contribution >= 0.6 is 0 Å². The predicted octanol–water partition coefficient (Wildman–Crippen LogP) is 1.89. The van der Waals surface area contributed by atoms with Crippen LogP contribution in [0.1, 0.15) is 6.92 Å². The van der Waals surface area contributed by atoms with Crippen molar-refractivity contribution in [2.24, 2.45) is 0 Å². The molecule has 0 bridgehead atoms. The molecule has 2 aliphatic carbocycles. The third-order valence-corrected chi connectivity index (χ3v) is 1.57. The van der Waals surface area contributed by atoms with Crippen molar-refractivity contribution in [1.82, 2.24) is 5.32 Å². The highest BCUT2D eigenvalue weighted by Crippen LogP contribution is 2.29. The Balaban J connectivity index is 0.000000112. The van der Waals surface area contributed by atoms with Crippen LogP contribution in [0.15, 0.2) is 24.3 Å². The SMILES string of the molecule is CCNC.c1cc2ccc1-2. The van der Waals surface area contributed by atoms with E-state index in [1.165, 1.54) is 11.1 Å². The minimum absolute atomic E-state index is 1.07. The molecule has 0 saturated carbocycles. The molecule has 0 aromatic heterocycles. The van der Waals surface area contributed by atoms with Crippen LogP contribution < -0.4 is 5.32 Å². The van der Waals surface area contributed by atoms with Gasteiger partial charge in [-0.3, -0.25) is 0 Å². The van der Waals surface area contributed by atoms with Gasteiger partial charge in [0, 0.05) is 0 Å². The Morgan fingerprint density at radius 2 is 1.40 bits per heavy atom. The lowest BCUT2D eigenvalue weighted by atomic mass is 9.95. The summed E-state index contributed by atoms with van der Waals surface area (Å²) in [6, 6.07) is 8.48. The van der Waals surface area contributed by atoms with Gasteiger partial charge >= 0.3 is 0 Å². The zero-order chi connectivity index (χ0) is 7.40. The summed E-state index contributed by atoms with van der Waals surface area (Å²) in [4.78, 5) is 0. The van der Waals surface area contributed by atoms with E-state index in [1.807, 2.05) is 7.05 Å². The van der Waals surface area contributed by atoms with Gasteiger partial charge in [0.25, 0.3) is 0 Å². The molecule has 0 amide bonds. The summed E-state index contributed by atoms with van der Waals surface area (Å²) in [5, 5.41) is 2.93. The molecule has 2 aliphatic rings. The second kappa shape index (κ2) is 3.37. The van der Waals surface area contributed by atoms with E-state index in [0.29, 0.717) is 0 Å². The maximum Gasteiger partial charge on any atom is -0.00804 e. The van der Waals surface area contributed by atoms with Crippen LogP contribution in [0.2, 0.25) is 0 Å². The van der Waals surface area contributed by atoms with Crippen LogP contribution in [-0.4, -0.2) is 13.6 Å². The maximum atomic E-state index is 2.93. The summed E-state index contributed by atoms with van der Waals surface area (Å²) >= 11 is 0. The molecule has 0 unspecified atom stereocenters. The molecule has 54 valence electrons. The Kier molecular flexibility index (Phi) is 2.46. The summed E-state index contributed by atoms with van der Waals surface area (Å²) in [7, 11) is 1.93. The second-order valence-corrected chi connectivity index (χ2v) is 2.28. The van der Waals surface area contributed by atoms with E-state index in [9.17, 15) is 0 Å². The molecule has 0 atom stereocenters. The molecule has 1 nitrogen and oxygen atoms in total. The molecule has 0 radical (unpaired) electrons. The van der Waals surface area contributed by atoms with Gasteiger partial charge in [-0.05, 0) is 24.7 Å². The van der Waals surface area contributed by atoms with Gasteiger partial charge in [0.15, 0.2) is 0 Å². The van der Waals surface area contributed by atoms with Gasteiger partial charge in [-0.25, -0.2) is 0 Å². The van der Waals surface area contributed by atoms with Crippen molar-refractivity contribution in [3.05, 3.63) is 24.3 Å². The Morgan fingerprint density at radius 1 is 1.10 bits per heavy atom. The molecule has 0 fully saturated rings. The number of hydrogen-bond donors (Lipinski definition) is 1. The molecule has 0 aromatic carbocycles. The summed E-state index contributed by atoms with van der Waals surface area (Å²) in [6.07, 6.45) is 0. The quantitative estimate of drug-likeness (QED) is 0.629. The molecule has 1 N–H and O–H groups in total. The third kappa shape index (κ3) is 1.36. The maximum absolute atomic E-state index is 2.93. The number of fused-ring (bicyclic) bond motifs is 1. The molecule has 10 heavy (non-hydrogen) atoms. The van der Waals surface area contributed by atoms with Gasteiger partial charge in [-0.1, -0.05) is 31.2 Å². The van der Waals surface area contributed by atoms with E-state index in [4.69, 9.17) is 0 Å². The Hall–Kier alpha value is -0.820. The third-order valence-electron chi connectivity index (χ3n) is 1.57. The molecule has 2 rings (SSSR count). The molecule has 0 saturated heterocycles. The Morgan fingerprint density at radius 3 is 1.40 bits per heavy atom. The number of hydrogen-bond acceptors (Lipinski definition) is 1. The highest BCUT2D eigenvalue weighted by Gasteiger charge is 2.03. The van der Waals surface area contributed by atoms with Crippen LogP contribution in [0, 0.1) is 0 Å². The average Bonchev–Trinajstić information content (AvgIpc) is 1.97. The molecular weight excluding hydrogens is 122 g/mol. The van der Waals surface area contributed by atoms with Crippen LogP contribution in [0.3, 0.4) is 0 Å². The Bertz CT molecular complexity index is 165. The molecule has 1 heteroatoms. The lowest BCUT2D eigenvalue weighted by Gasteiger charge is -2.10. The first kappa shape index (κ1) is 7.29. The monoisotopic (exact) mass is 135 g/mol. The second-order valence-electron chi connectivity index (χ2n) is 2.28. The van der Waals surface area contributed by atoms with Gasteiger partial charge < -0.3 is 5.32 Å². The van der Waals surface area contributed by atoms with Gasteiger partial charge in [-0.2, -0.15) is 0 Å². The molecule has 0 heterocycles. The fourth-order valence-corrected chi connectivity index (χ4v) is 0.663. The first-order valence-electron chi connectivity index (χ1n) is 3.63. The van der Waals surface area contributed by atoms with E-state index < -0.39 is 0 Å². The van der Waals surface area contributed by atoms with Crippen LogP contribution in [-0.2, 0) is 0 Å². The van der Waals surface area contributed by atoms with Gasteiger partial charge in [0.05, 0.1) is 0 Å². The van der Waals surface area contributed by atoms with Gasteiger partial charge in [-0.15, -0.1) is 0 Å². The van der Waals surface area contributed by atoms with Crippen LogP contribution in [0.4, 0.5) is 0 Å². The number of benzene rings is 1. The largest absolute Gasteiger partial charge is 0.320 e.